The van der Waals surface area contributed by atoms with E-state index in [9.17, 15) is 4.79 Å². The molecular formula is C25H24N2O2S. The first-order chi connectivity index (χ1) is 14.6. The maximum Gasteiger partial charge on any atom is 0.163 e. The quantitative estimate of drug-likeness (QED) is 0.546. The maximum atomic E-state index is 13.5. The highest BCUT2D eigenvalue weighted by Crippen LogP contribution is 2.45. The first-order valence-electron chi connectivity index (χ1n) is 10.2. The number of rotatable bonds is 3. The summed E-state index contributed by atoms with van der Waals surface area (Å²) in [6, 6.07) is 20.4. The third-order valence-corrected chi connectivity index (χ3v) is 6.99. The summed E-state index contributed by atoms with van der Waals surface area (Å²) in [5.74, 6) is 1.16. The van der Waals surface area contributed by atoms with Gasteiger partial charge in [0.2, 0.25) is 0 Å². The lowest BCUT2D eigenvalue weighted by Gasteiger charge is -2.29. The summed E-state index contributed by atoms with van der Waals surface area (Å²) >= 11 is 1.74. The number of fused-ring (bicyclic) bond motifs is 1. The molecule has 3 aromatic rings. The molecule has 5 rings (SSSR count). The number of methoxy groups -OCH3 is 1. The lowest BCUT2D eigenvalue weighted by atomic mass is 9.79. The van der Waals surface area contributed by atoms with Gasteiger partial charge in [-0.1, -0.05) is 24.3 Å². The van der Waals surface area contributed by atoms with Gasteiger partial charge >= 0.3 is 0 Å². The van der Waals surface area contributed by atoms with Gasteiger partial charge in [0, 0.05) is 27.4 Å². The minimum atomic E-state index is -0.131. The van der Waals surface area contributed by atoms with Crippen LogP contribution in [0.2, 0.25) is 0 Å². The predicted molar refractivity (Wildman–Crippen MR) is 122 cm³/mol. The molecule has 2 N–H and O–H groups in total. The van der Waals surface area contributed by atoms with E-state index >= 15 is 0 Å². The Labute approximate surface area is 180 Å². The molecule has 152 valence electrons. The lowest BCUT2D eigenvalue weighted by Crippen LogP contribution is -2.26. The second-order valence-corrected chi connectivity index (χ2v) is 9.21. The minimum Gasteiger partial charge on any atom is -0.497 e. The molecule has 2 heterocycles. The van der Waals surface area contributed by atoms with Crippen LogP contribution in [0, 0.1) is 6.92 Å². The van der Waals surface area contributed by atoms with Crippen molar-refractivity contribution in [3.8, 4) is 5.75 Å². The molecule has 1 aliphatic heterocycles. The van der Waals surface area contributed by atoms with Gasteiger partial charge in [0.15, 0.2) is 5.78 Å². The van der Waals surface area contributed by atoms with E-state index in [1.807, 2.05) is 30.3 Å². The van der Waals surface area contributed by atoms with E-state index in [2.05, 4.69) is 47.9 Å². The summed E-state index contributed by atoms with van der Waals surface area (Å²) in [6.07, 6.45) is 1.30. The number of thiophene rings is 1. The normalized spacial score (nSPS) is 20.5. The number of carbonyl (C=O) groups excluding carboxylic acids is 1. The van der Waals surface area contributed by atoms with Crippen LogP contribution in [0.15, 0.2) is 71.9 Å². The van der Waals surface area contributed by atoms with E-state index in [0.29, 0.717) is 6.42 Å². The standard InChI is InChI=1S/C25H24N2O2S/c1-15-10-11-23(30-15)25-24-21(26-19-8-3-4-9-20(19)27-25)13-17(14-22(24)28)16-6-5-7-18(12-16)29-2/h3-12,17,25-27H,13-14H2,1-2H3/t17-,25+/m0/s1. The average molecular weight is 417 g/mol. The number of hydrogen-bond donors (Lipinski definition) is 2. The van der Waals surface area contributed by atoms with Gasteiger partial charge in [0.25, 0.3) is 0 Å². The molecule has 0 saturated carbocycles. The molecule has 4 nitrogen and oxygen atoms in total. The first kappa shape index (κ1) is 18.9. The van der Waals surface area contributed by atoms with Crippen molar-refractivity contribution in [3.63, 3.8) is 0 Å². The van der Waals surface area contributed by atoms with Gasteiger partial charge in [-0.15, -0.1) is 11.3 Å². The number of anilines is 2. The SMILES string of the molecule is COc1cccc([C@@H]2CC(=O)C3=C(C2)Nc2ccccc2N[C@@H]3c2ccc(C)s2)c1. The molecule has 0 spiro atoms. The number of ketones is 1. The third-order valence-electron chi connectivity index (χ3n) is 5.92. The van der Waals surface area contributed by atoms with Crippen molar-refractivity contribution in [1.29, 1.82) is 0 Å². The van der Waals surface area contributed by atoms with E-state index in [0.717, 1.165) is 40.4 Å². The van der Waals surface area contributed by atoms with Crippen molar-refractivity contribution in [3.05, 3.63) is 87.3 Å². The summed E-state index contributed by atoms with van der Waals surface area (Å²) in [7, 11) is 1.68. The third kappa shape index (κ3) is 3.39. The molecule has 0 fully saturated rings. The molecule has 0 bridgehead atoms. The predicted octanol–water partition coefficient (Wildman–Crippen LogP) is 6.04. The number of aryl methyl sites for hydroxylation is 1. The highest BCUT2D eigenvalue weighted by molar-refractivity contribution is 7.12. The Hall–Kier alpha value is -3.05. The van der Waals surface area contributed by atoms with E-state index in [-0.39, 0.29) is 17.7 Å². The summed E-state index contributed by atoms with van der Waals surface area (Å²) in [4.78, 5) is 15.9. The topological polar surface area (TPSA) is 50.4 Å². The largest absolute Gasteiger partial charge is 0.497 e. The fourth-order valence-corrected chi connectivity index (χ4v) is 5.38. The fourth-order valence-electron chi connectivity index (χ4n) is 4.45. The molecule has 2 aliphatic rings. The van der Waals surface area contributed by atoms with Crippen LogP contribution >= 0.6 is 11.3 Å². The molecule has 5 heteroatoms. The van der Waals surface area contributed by atoms with Gasteiger partial charge in [0.05, 0.1) is 24.5 Å². The van der Waals surface area contributed by atoms with Crippen molar-refractivity contribution in [2.24, 2.45) is 0 Å². The number of ether oxygens (including phenoxy) is 1. The molecule has 1 aromatic heterocycles. The molecule has 0 saturated heterocycles. The van der Waals surface area contributed by atoms with Crippen LogP contribution in [-0.4, -0.2) is 12.9 Å². The van der Waals surface area contributed by atoms with Crippen molar-refractivity contribution in [2.45, 2.75) is 31.7 Å². The van der Waals surface area contributed by atoms with E-state index in [4.69, 9.17) is 4.74 Å². The number of carbonyl (C=O) groups is 1. The van der Waals surface area contributed by atoms with Crippen LogP contribution in [0.3, 0.4) is 0 Å². The molecule has 0 radical (unpaired) electrons. The fraction of sp³-hybridized carbons (Fsp3) is 0.240. The van der Waals surface area contributed by atoms with Crippen LogP contribution in [0.5, 0.6) is 5.75 Å². The molecule has 1 aliphatic carbocycles. The Bertz CT molecular complexity index is 1150. The van der Waals surface area contributed by atoms with E-state index < -0.39 is 0 Å². The molecule has 0 unspecified atom stereocenters. The summed E-state index contributed by atoms with van der Waals surface area (Å²) in [6.45, 7) is 2.11. The van der Waals surface area contributed by atoms with Gasteiger partial charge in [-0.3, -0.25) is 4.79 Å². The Morgan fingerprint density at radius 2 is 1.83 bits per heavy atom. The zero-order valence-corrected chi connectivity index (χ0v) is 17.9. The van der Waals surface area contributed by atoms with Gasteiger partial charge in [0.1, 0.15) is 5.75 Å². The zero-order chi connectivity index (χ0) is 20.7. The number of nitrogens with one attached hydrogen (secondary N) is 2. The molecule has 30 heavy (non-hydrogen) atoms. The van der Waals surface area contributed by atoms with Crippen LogP contribution < -0.4 is 15.4 Å². The average Bonchev–Trinajstić information content (AvgIpc) is 3.11. The van der Waals surface area contributed by atoms with Gasteiger partial charge in [-0.2, -0.15) is 0 Å². The van der Waals surface area contributed by atoms with Crippen LogP contribution in [0.25, 0.3) is 0 Å². The number of Topliss-reactive ketones (excluding diaryl/α,β-unsaturated/α-hetero) is 1. The van der Waals surface area contributed by atoms with Crippen molar-refractivity contribution in [2.75, 3.05) is 17.7 Å². The Balaban J connectivity index is 1.59. The van der Waals surface area contributed by atoms with E-state index in [1.165, 1.54) is 9.75 Å². The van der Waals surface area contributed by atoms with Crippen LogP contribution in [0.1, 0.15) is 40.1 Å². The Kier molecular flexibility index (Phi) is 4.83. The number of para-hydroxylation sites is 2. The monoisotopic (exact) mass is 416 g/mol. The molecule has 0 amide bonds. The van der Waals surface area contributed by atoms with Gasteiger partial charge in [-0.05, 0) is 61.2 Å². The van der Waals surface area contributed by atoms with Crippen molar-refractivity contribution in [1.82, 2.24) is 0 Å². The summed E-state index contributed by atoms with van der Waals surface area (Å²) in [5, 5.41) is 7.24. The molecular weight excluding hydrogens is 392 g/mol. The van der Waals surface area contributed by atoms with Crippen molar-refractivity contribution < 1.29 is 9.53 Å². The second kappa shape index (κ2) is 7.65. The van der Waals surface area contributed by atoms with Crippen LogP contribution in [-0.2, 0) is 4.79 Å². The number of allylic oxidation sites excluding steroid dienone is 1. The van der Waals surface area contributed by atoms with Gasteiger partial charge in [-0.25, -0.2) is 0 Å². The van der Waals surface area contributed by atoms with Crippen molar-refractivity contribution >= 4 is 28.5 Å². The Morgan fingerprint density at radius 1 is 1.00 bits per heavy atom. The second-order valence-electron chi connectivity index (χ2n) is 7.89. The molecule has 2 atom stereocenters. The number of hydrogen-bond acceptors (Lipinski definition) is 5. The Morgan fingerprint density at radius 3 is 2.60 bits per heavy atom. The highest BCUT2D eigenvalue weighted by atomic mass is 32.1. The summed E-state index contributed by atoms with van der Waals surface area (Å²) < 4.78 is 5.40. The molecule has 2 aromatic carbocycles. The van der Waals surface area contributed by atoms with Crippen LogP contribution in [0.4, 0.5) is 11.4 Å². The smallest absolute Gasteiger partial charge is 0.163 e. The highest BCUT2D eigenvalue weighted by Gasteiger charge is 2.36. The van der Waals surface area contributed by atoms with Gasteiger partial charge < -0.3 is 15.4 Å². The number of benzene rings is 2. The lowest BCUT2D eigenvalue weighted by molar-refractivity contribution is -0.116. The summed E-state index contributed by atoms with van der Waals surface area (Å²) in [5.41, 5.74) is 5.07. The van der Waals surface area contributed by atoms with E-state index in [1.54, 1.807) is 18.4 Å². The maximum absolute atomic E-state index is 13.5. The zero-order valence-electron chi connectivity index (χ0n) is 17.1. The minimum absolute atomic E-state index is 0.131. The first-order valence-corrected chi connectivity index (χ1v) is 11.0.